The summed E-state index contributed by atoms with van der Waals surface area (Å²) >= 11 is 0. The summed E-state index contributed by atoms with van der Waals surface area (Å²) in [6, 6.07) is 12.5. The molecule has 1 fully saturated rings. The molecule has 0 unspecified atom stereocenters. The van der Waals surface area contributed by atoms with E-state index in [0.717, 1.165) is 54.0 Å². The molecule has 0 radical (unpaired) electrons. The van der Waals surface area contributed by atoms with Gasteiger partial charge in [-0.1, -0.05) is 18.2 Å². The zero-order valence-electron chi connectivity index (χ0n) is 14.1. The first-order valence-corrected chi connectivity index (χ1v) is 8.37. The Morgan fingerprint density at radius 1 is 0.920 bits per heavy atom. The van der Waals surface area contributed by atoms with Crippen LogP contribution in [0.3, 0.4) is 0 Å². The highest BCUT2D eigenvalue weighted by molar-refractivity contribution is 5.93. The average molecular weight is 337 g/mol. The normalized spacial score (nSPS) is 15.7. The van der Waals surface area contributed by atoms with Gasteiger partial charge >= 0.3 is 0 Å². The molecule has 2 N–H and O–H groups in total. The van der Waals surface area contributed by atoms with Gasteiger partial charge in [0, 0.05) is 31.6 Å². The van der Waals surface area contributed by atoms with Gasteiger partial charge in [-0.15, -0.1) is 0 Å². The van der Waals surface area contributed by atoms with Crippen LogP contribution in [0.5, 0.6) is 0 Å². The van der Waals surface area contributed by atoms with Crippen molar-refractivity contribution in [2.75, 3.05) is 43.9 Å². The van der Waals surface area contributed by atoms with Gasteiger partial charge in [0.2, 0.25) is 5.95 Å². The van der Waals surface area contributed by atoms with Gasteiger partial charge in [0.25, 0.3) is 0 Å². The molecule has 25 heavy (non-hydrogen) atoms. The van der Waals surface area contributed by atoms with Gasteiger partial charge in [-0.05, 0) is 42.4 Å². The highest BCUT2D eigenvalue weighted by Crippen LogP contribution is 2.30. The van der Waals surface area contributed by atoms with Crippen LogP contribution >= 0.6 is 0 Å². The third kappa shape index (κ3) is 3.13. The SMILES string of the molecule is CN1CCN(c2nc(N)nc3ccc(-c4ccc(F)cc4)cc23)CC1. The molecular formula is C19H20FN5. The summed E-state index contributed by atoms with van der Waals surface area (Å²) in [5.41, 5.74) is 8.72. The summed E-state index contributed by atoms with van der Waals surface area (Å²) in [7, 11) is 2.12. The molecule has 0 saturated carbocycles. The maximum atomic E-state index is 13.2. The standard InChI is InChI=1S/C19H20FN5/c1-24-8-10-25(11-9-24)18-16-12-14(13-2-5-15(20)6-3-13)4-7-17(16)22-19(21)23-18/h2-7,12H,8-11H2,1H3,(H2,21,22,23). The summed E-state index contributed by atoms with van der Waals surface area (Å²) in [4.78, 5) is 13.4. The minimum Gasteiger partial charge on any atom is -0.368 e. The molecule has 1 saturated heterocycles. The van der Waals surface area contributed by atoms with Crippen molar-refractivity contribution in [3.63, 3.8) is 0 Å². The van der Waals surface area contributed by atoms with E-state index in [0.29, 0.717) is 0 Å². The van der Waals surface area contributed by atoms with Crippen LogP contribution in [0, 0.1) is 5.82 Å². The predicted octanol–water partition coefficient (Wildman–Crippen LogP) is 2.77. The van der Waals surface area contributed by atoms with E-state index in [9.17, 15) is 4.39 Å². The van der Waals surface area contributed by atoms with Gasteiger partial charge in [0.15, 0.2) is 0 Å². The number of hydrogen-bond acceptors (Lipinski definition) is 5. The molecule has 0 bridgehead atoms. The monoisotopic (exact) mass is 337 g/mol. The van der Waals surface area contributed by atoms with Gasteiger partial charge in [-0.25, -0.2) is 9.37 Å². The Labute approximate surface area is 145 Å². The molecule has 1 aliphatic heterocycles. The quantitative estimate of drug-likeness (QED) is 0.779. The van der Waals surface area contributed by atoms with Gasteiger partial charge in [-0.3, -0.25) is 0 Å². The molecule has 0 atom stereocenters. The first-order chi connectivity index (χ1) is 12.1. The summed E-state index contributed by atoms with van der Waals surface area (Å²) in [6.45, 7) is 3.79. The van der Waals surface area contributed by atoms with E-state index in [-0.39, 0.29) is 11.8 Å². The topological polar surface area (TPSA) is 58.3 Å². The van der Waals surface area contributed by atoms with E-state index in [1.165, 1.54) is 12.1 Å². The fourth-order valence-corrected chi connectivity index (χ4v) is 3.21. The maximum absolute atomic E-state index is 13.2. The fourth-order valence-electron chi connectivity index (χ4n) is 3.21. The van der Waals surface area contributed by atoms with Crippen LogP contribution in [0.1, 0.15) is 0 Å². The summed E-state index contributed by atoms with van der Waals surface area (Å²) < 4.78 is 13.2. The van der Waals surface area contributed by atoms with Crippen molar-refractivity contribution in [3.8, 4) is 11.1 Å². The van der Waals surface area contributed by atoms with Crippen molar-refractivity contribution in [2.45, 2.75) is 0 Å². The smallest absolute Gasteiger partial charge is 0.222 e. The maximum Gasteiger partial charge on any atom is 0.222 e. The molecule has 2 aromatic carbocycles. The van der Waals surface area contributed by atoms with E-state index >= 15 is 0 Å². The Morgan fingerprint density at radius 3 is 2.32 bits per heavy atom. The van der Waals surface area contributed by atoms with Crippen LogP contribution < -0.4 is 10.6 Å². The number of piperazine rings is 1. The first-order valence-electron chi connectivity index (χ1n) is 8.37. The van der Waals surface area contributed by atoms with E-state index in [1.54, 1.807) is 12.1 Å². The van der Waals surface area contributed by atoms with Crippen LogP contribution in [0.15, 0.2) is 42.5 Å². The number of benzene rings is 2. The van der Waals surface area contributed by atoms with Gasteiger partial charge in [0.1, 0.15) is 11.6 Å². The lowest BCUT2D eigenvalue weighted by Crippen LogP contribution is -2.45. The number of hydrogen-bond donors (Lipinski definition) is 1. The predicted molar refractivity (Wildman–Crippen MR) is 99.1 cm³/mol. The van der Waals surface area contributed by atoms with E-state index < -0.39 is 0 Å². The summed E-state index contributed by atoms with van der Waals surface area (Å²) in [6.07, 6.45) is 0. The number of rotatable bonds is 2. The van der Waals surface area contributed by atoms with E-state index in [2.05, 4.69) is 32.9 Å². The van der Waals surface area contributed by atoms with Gasteiger partial charge in [0.05, 0.1) is 5.52 Å². The third-order valence-corrected chi connectivity index (χ3v) is 4.67. The van der Waals surface area contributed by atoms with E-state index in [4.69, 9.17) is 5.73 Å². The molecule has 0 aliphatic carbocycles. The molecule has 1 aromatic heterocycles. The second-order valence-electron chi connectivity index (χ2n) is 6.43. The van der Waals surface area contributed by atoms with Crippen molar-refractivity contribution in [3.05, 3.63) is 48.3 Å². The molecular weight excluding hydrogens is 317 g/mol. The van der Waals surface area contributed by atoms with Gasteiger partial charge in [-0.2, -0.15) is 4.98 Å². The minimum atomic E-state index is -0.237. The molecule has 0 spiro atoms. The summed E-state index contributed by atoms with van der Waals surface area (Å²) in [5.74, 6) is 0.925. The molecule has 2 heterocycles. The Morgan fingerprint density at radius 2 is 1.60 bits per heavy atom. The van der Waals surface area contributed by atoms with Crippen molar-refractivity contribution >= 4 is 22.7 Å². The molecule has 0 amide bonds. The zero-order valence-corrected chi connectivity index (χ0v) is 14.1. The second kappa shape index (κ2) is 6.29. The Kier molecular flexibility index (Phi) is 3.97. The van der Waals surface area contributed by atoms with Crippen LogP contribution in [0.25, 0.3) is 22.0 Å². The molecule has 128 valence electrons. The fraction of sp³-hybridized carbons (Fsp3) is 0.263. The number of halogens is 1. The number of aromatic nitrogens is 2. The molecule has 1 aliphatic rings. The Balaban J connectivity index is 1.81. The average Bonchev–Trinajstić information content (AvgIpc) is 2.62. The molecule has 6 heteroatoms. The van der Waals surface area contributed by atoms with Crippen molar-refractivity contribution in [2.24, 2.45) is 0 Å². The van der Waals surface area contributed by atoms with Crippen LogP contribution in [0.4, 0.5) is 16.2 Å². The molecule has 3 aromatic rings. The van der Waals surface area contributed by atoms with Crippen molar-refractivity contribution < 1.29 is 4.39 Å². The van der Waals surface area contributed by atoms with Crippen molar-refractivity contribution in [1.82, 2.24) is 14.9 Å². The number of nitrogens with zero attached hydrogens (tertiary/aromatic N) is 4. The largest absolute Gasteiger partial charge is 0.368 e. The third-order valence-electron chi connectivity index (χ3n) is 4.67. The number of nitrogen functional groups attached to an aromatic ring is 1. The number of likely N-dealkylation sites (N-methyl/N-ethyl adjacent to an activating group) is 1. The number of nitrogens with two attached hydrogens (primary N) is 1. The van der Waals surface area contributed by atoms with Crippen LogP contribution in [0.2, 0.25) is 0 Å². The lowest BCUT2D eigenvalue weighted by atomic mass is 10.0. The van der Waals surface area contributed by atoms with Crippen LogP contribution in [-0.4, -0.2) is 48.1 Å². The second-order valence-corrected chi connectivity index (χ2v) is 6.43. The Hall–Kier alpha value is -2.73. The van der Waals surface area contributed by atoms with Crippen LogP contribution in [-0.2, 0) is 0 Å². The lowest BCUT2D eigenvalue weighted by Gasteiger charge is -2.33. The lowest BCUT2D eigenvalue weighted by molar-refractivity contribution is 0.312. The summed E-state index contributed by atoms with van der Waals surface area (Å²) in [5, 5.41) is 0.973. The van der Waals surface area contributed by atoms with Gasteiger partial charge < -0.3 is 15.5 Å². The van der Waals surface area contributed by atoms with E-state index in [1.807, 2.05) is 12.1 Å². The minimum absolute atomic E-state index is 0.237. The number of fused-ring (bicyclic) bond motifs is 1. The molecule has 4 rings (SSSR count). The zero-order chi connectivity index (χ0) is 17.4. The van der Waals surface area contributed by atoms with Crippen molar-refractivity contribution in [1.29, 1.82) is 0 Å². The number of anilines is 2. The Bertz CT molecular complexity index is 902. The first kappa shape index (κ1) is 15.8. The highest BCUT2D eigenvalue weighted by atomic mass is 19.1. The highest BCUT2D eigenvalue weighted by Gasteiger charge is 2.19. The molecule has 5 nitrogen and oxygen atoms in total.